The lowest BCUT2D eigenvalue weighted by Crippen LogP contribution is -2.07. The van der Waals surface area contributed by atoms with Crippen LogP contribution in [0.25, 0.3) is 0 Å². The Morgan fingerprint density at radius 1 is 0.613 bits per heavy atom. The van der Waals surface area contributed by atoms with Crippen molar-refractivity contribution in [1.82, 2.24) is 0 Å². The van der Waals surface area contributed by atoms with Crippen molar-refractivity contribution in [1.29, 1.82) is 0 Å². The fourth-order valence-corrected chi connectivity index (χ4v) is 4.05. The molecule has 1 aromatic carbocycles. The van der Waals surface area contributed by atoms with E-state index in [9.17, 15) is 4.79 Å². The van der Waals surface area contributed by atoms with Crippen LogP contribution < -0.4 is 11.5 Å². The summed E-state index contributed by atoms with van der Waals surface area (Å²) in [5.41, 5.74) is 12.8. The molecule has 0 aliphatic carbocycles. The zero-order chi connectivity index (χ0) is 22.6. The zero-order valence-electron chi connectivity index (χ0n) is 20.1. The third-order valence-corrected chi connectivity index (χ3v) is 5.94. The van der Waals surface area contributed by atoms with Gasteiger partial charge < -0.3 is 16.2 Å². The minimum absolute atomic E-state index is 0.342. The molecule has 0 bridgehead atoms. The summed E-state index contributed by atoms with van der Waals surface area (Å²) in [6, 6.07) is 4.84. The van der Waals surface area contributed by atoms with E-state index in [2.05, 4.69) is 6.92 Å². The van der Waals surface area contributed by atoms with E-state index in [1.807, 2.05) is 0 Å². The van der Waals surface area contributed by atoms with Gasteiger partial charge in [0.2, 0.25) is 0 Å². The normalized spacial score (nSPS) is 11.0. The molecule has 1 aromatic rings. The van der Waals surface area contributed by atoms with Crippen LogP contribution in [0, 0.1) is 0 Å². The molecule has 0 unspecified atom stereocenters. The van der Waals surface area contributed by atoms with Gasteiger partial charge in [-0.2, -0.15) is 0 Å². The molecule has 0 aliphatic heterocycles. The molecule has 4 nitrogen and oxygen atoms in total. The second-order valence-electron chi connectivity index (χ2n) is 9.03. The molecule has 4 heteroatoms. The number of nitrogen functional groups attached to an aromatic ring is 2. The Kier molecular flexibility index (Phi) is 16.8. The molecule has 0 aliphatic rings. The summed E-state index contributed by atoms with van der Waals surface area (Å²) in [5, 5.41) is 0. The van der Waals surface area contributed by atoms with Crippen LogP contribution in [-0.2, 0) is 4.74 Å². The molecule has 0 saturated carbocycles. The topological polar surface area (TPSA) is 78.3 Å². The number of carbonyl (C=O) groups excluding carboxylic acids is 1. The Morgan fingerprint density at radius 3 is 1.35 bits per heavy atom. The molecule has 31 heavy (non-hydrogen) atoms. The van der Waals surface area contributed by atoms with Crippen molar-refractivity contribution in [3.63, 3.8) is 0 Å². The van der Waals surface area contributed by atoms with Crippen LogP contribution in [0.2, 0.25) is 0 Å². The molecule has 0 saturated heterocycles. The predicted octanol–water partition coefficient (Wildman–Crippen LogP) is 8.05. The summed E-state index contributed by atoms with van der Waals surface area (Å²) in [5.74, 6) is -0.342. The van der Waals surface area contributed by atoms with Gasteiger partial charge in [-0.05, 0) is 24.6 Å². The van der Waals surface area contributed by atoms with Crippen LogP contribution in [0.3, 0.4) is 0 Å². The number of anilines is 2. The third-order valence-electron chi connectivity index (χ3n) is 5.94. The molecule has 0 fully saturated rings. The Hall–Kier alpha value is -1.71. The number of benzene rings is 1. The zero-order valence-corrected chi connectivity index (χ0v) is 20.1. The highest BCUT2D eigenvalue weighted by Crippen LogP contribution is 2.16. The molecule has 0 radical (unpaired) electrons. The lowest BCUT2D eigenvalue weighted by molar-refractivity contribution is 0.0497. The highest BCUT2D eigenvalue weighted by molar-refractivity contribution is 5.91. The lowest BCUT2D eigenvalue weighted by atomic mass is 10.0. The number of nitrogens with two attached hydrogens (primary N) is 2. The molecule has 178 valence electrons. The molecular weight excluding hydrogens is 384 g/mol. The number of carbonyl (C=O) groups is 1. The summed E-state index contributed by atoms with van der Waals surface area (Å²) in [7, 11) is 0. The van der Waals surface area contributed by atoms with Gasteiger partial charge in [-0.25, -0.2) is 4.79 Å². The van der Waals surface area contributed by atoms with Gasteiger partial charge >= 0.3 is 5.97 Å². The summed E-state index contributed by atoms with van der Waals surface area (Å²) in [6.07, 6.45) is 24.3. The molecule has 4 N–H and O–H groups in total. The van der Waals surface area contributed by atoms with E-state index in [0.29, 0.717) is 23.5 Å². The van der Waals surface area contributed by atoms with Crippen LogP contribution in [-0.4, -0.2) is 12.6 Å². The van der Waals surface area contributed by atoms with Crippen molar-refractivity contribution in [3.05, 3.63) is 23.8 Å². The number of unbranched alkanes of at least 4 members (excludes halogenated alkanes) is 17. The van der Waals surface area contributed by atoms with Crippen LogP contribution in [0.4, 0.5) is 11.4 Å². The summed E-state index contributed by atoms with van der Waals surface area (Å²) in [4.78, 5) is 12.0. The van der Waals surface area contributed by atoms with Crippen LogP contribution in [0.5, 0.6) is 0 Å². The minimum Gasteiger partial charge on any atom is -0.462 e. The Labute approximate surface area is 191 Å². The van der Waals surface area contributed by atoms with Gasteiger partial charge in [-0.1, -0.05) is 116 Å². The monoisotopic (exact) mass is 432 g/mol. The standard InChI is InChI=1S/C27H48N2O2/c1-2-3-4-5-6-7-8-9-10-11-12-13-14-15-16-17-18-19-20-31-27(30)24-21-25(28)23-26(29)22-24/h21-23H,2-20,28-29H2,1H3. The SMILES string of the molecule is CCCCCCCCCCCCCCCCCCCCOC(=O)c1cc(N)cc(N)c1. The van der Waals surface area contributed by atoms with Crippen molar-refractivity contribution in [2.24, 2.45) is 0 Å². The summed E-state index contributed by atoms with van der Waals surface area (Å²) in [6.45, 7) is 2.75. The largest absolute Gasteiger partial charge is 0.462 e. The molecule has 0 spiro atoms. The van der Waals surface area contributed by atoms with Crippen molar-refractivity contribution in [2.45, 2.75) is 122 Å². The number of ether oxygens (including phenoxy) is 1. The van der Waals surface area contributed by atoms with E-state index >= 15 is 0 Å². The first-order valence-electron chi connectivity index (χ1n) is 13.0. The van der Waals surface area contributed by atoms with E-state index in [1.54, 1.807) is 18.2 Å². The molecular formula is C27H48N2O2. The van der Waals surface area contributed by atoms with E-state index in [-0.39, 0.29) is 5.97 Å². The van der Waals surface area contributed by atoms with Gasteiger partial charge in [-0.3, -0.25) is 0 Å². The van der Waals surface area contributed by atoms with Crippen LogP contribution >= 0.6 is 0 Å². The van der Waals surface area contributed by atoms with Gasteiger partial charge in [0.25, 0.3) is 0 Å². The quantitative estimate of drug-likeness (QED) is 0.124. The Balaban J connectivity index is 1.80. The van der Waals surface area contributed by atoms with Gasteiger partial charge in [0.15, 0.2) is 0 Å². The van der Waals surface area contributed by atoms with Gasteiger partial charge in [0.05, 0.1) is 12.2 Å². The van der Waals surface area contributed by atoms with Crippen LogP contribution in [0.1, 0.15) is 133 Å². The van der Waals surface area contributed by atoms with Gasteiger partial charge in [0, 0.05) is 11.4 Å². The summed E-state index contributed by atoms with van der Waals surface area (Å²) < 4.78 is 5.32. The van der Waals surface area contributed by atoms with Crippen molar-refractivity contribution >= 4 is 17.3 Å². The maximum Gasteiger partial charge on any atom is 0.338 e. The highest BCUT2D eigenvalue weighted by atomic mass is 16.5. The highest BCUT2D eigenvalue weighted by Gasteiger charge is 2.08. The first kappa shape index (κ1) is 27.3. The van der Waals surface area contributed by atoms with E-state index in [1.165, 1.54) is 103 Å². The second-order valence-corrected chi connectivity index (χ2v) is 9.03. The van der Waals surface area contributed by atoms with Crippen LogP contribution in [0.15, 0.2) is 18.2 Å². The number of hydrogen-bond donors (Lipinski definition) is 2. The second kappa shape index (κ2) is 19.0. The van der Waals surface area contributed by atoms with Crippen molar-refractivity contribution in [2.75, 3.05) is 18.1 Å². The average Bonchev–Trinajstić information content (AvgIpc) is 2.74. The number of esters is 1. The smallest absolute Gasteiger partial charge is 0.338 e. The molecule has 0 atom stereocenters. The van der Waals surface area contributed by atoms with E-state index in [0.717, 1.165) is 12.8 Å². The van der Waals surface area contributed by atoms with E-state index in [4.69, 9.17) is 16.2 Å². The average molecular weight is 433 g/mol. The fourth-order valence-electron chi connectivity index (χ4n) is 4.05. The van der Waals surface area contributed by atoms with Gasteiger partial charge in [-0.15, -0.1) is 0 Å². The minimum atomic E-state index is -0.342. The van der Waals surface area contributed by atoms with E-state index < -0.39 is 0 Å². The Bertz CT molecular complexity index is 554. The maximum atomic E-state index is 12.0. The molecule has 0 aromatic heterocycles. The molecule has 0 heterocycles. The maximum absolute atomic E-state index is 12.0. The molecule has 0 amide bonds. The number of rotatable bonds is 20. The van der Waals surface area contributed by atoms with Crippen molar-refractivity contribution in [3.8, 4) is 0 Å². The molecule has 1 rings (SSSR count). The predicted molar refractivity (Wildman–Crippen MR) is 134 cm³/mol. The third kappa shape index (κ3) is 15.7. The fraction of sp³-hybridized carbons (Fsp3) is 0.741. The first-order valence-corrected chi connectivity index (χ1v) is 13.0. The summed E-state index contributed by atoms with van der Waals surface area (Å²) >= 11 is 0. The lowest BCUT2D eigenvalue weighted by Gasteiger charge is -2.07. The first-order chi connectivity index (χ1) is 15.1. The van der Waals surface area contributed by atoms with Gasteiger partial charge in [0.1, 0.15) is 0 Å². The Morgan fingerprint density at radius 2 is 0.968 bits per heavy atom. The number of hydrogen-bond acceptors (Lipinski definition) is 4. The van der Waals surface area contributed by atoms with Crippen molar-refractivity contribution < 1.29 is 9.53 Å².